The van der Waals surface area contributed by atoms with Crippen LogP contribution in [0.4, 0.5) is 0 Å². The Bertz CT molecular complexity index is 321. The average Bonchev–Trinajstić information content (AvgIpc) is 2.29. The van der Waals surface area contributed by atoms with Crippen molar-refractivity contribution in [1.29, 1.82) is 0 Å². The summed E-state index contributed by atoms with van der Waals surface area (Å²) in [5.41, 5.74) is 1.34. The van der Waals surface area contributed by atoms with Crippen LogP contribution in [0, 0.1) is 17.8 Å². The van der Waals surface area contributed by atoms with Gasteiger partial charge in [0.1, 0.15) is 6.33 Å². The number of nitrogens with zero attached hydrogens (tertiary/aromatic N) is 2. The Morgan fingerprint density at radius 1 is 1.19 bits per heavy atom. The van der Waals surface area contributed by atoms with Crippen molar-refractivity contribution in [3.8, 4) is 0 Å². The molecule has 3 atom stereocenters. The zero-order valence-electron chi connectivity index (χ0n) is 10.6. The van der Waals surface area contributed by atoms with E-state index in [1.165, 1.54) is 24.8 Å². The van der Waals surface area contributed by atoms with Gasteiger partial charge in [-0.2, -0.15) is 0 Å². The van der Waals surface area contributed by atoms with Crippen molar-refractivity contribution >= 4 is 0 Å². The summed E-state index contributed by atoms with van der Waals surface area (Å²) in [4.78, 5) is 8.34. The van der Waals surface area contributed by atoms with Gasteiger partial charge >= 0.3 is 0 Å². The van der Waals surface area contributed by atoms with Crippen molar-refractivity contribution in [1.82, 2.24) is 9.97 Å². The summed E-state index contributed by atoms with van der Waals surface area (Å²) >= 11 is 0. The van der Waals surface area contributed by atoms with Gasteiger partial charge in [0.25, 0.3) is 0 Å². The highest BCUT2D eigenvalue weighted by molar-refractivity contribution is 5.13. The van der Waals surface area contributed by atoms with E-state index >= 15 is 0 Å². The molecule has 0 unspecified atom stereocenters. The molecule has 1 aromatic rings. The zero-order chi connectivity index (χ0) is 11.5. The molecule has 2 rings (SSSR count). The van der Waals surface area contributed by atoms with Gasteiger partial charge in [-0.1, -0.05) is 27.2 Å². The molecule has 0 N–H and O–H groups in total. The Kier molecular flexibility index (Phi) is 3.57. The maximum atomic E-state index is 4.17. The molecule has 1 aliphatic rings. The van der Waals surface area contributed by atoms with E-state index in [4.69, 9.17) is 0 Å². The van der Waals surface area contributed by atoms with Crippen LogP contribution in [0.25, 0.3) is 0 Å². The summed E-state index contributed by atoms with van der Waals surface area (Å²) in [5, 5.41) is 0. The van der Waals surface area contributed by atoms with Gasteiger partial charge in [0.2, 0.25) is 0 Å². The molecule has 0 radical (unpaired) electrons. The largest absolute Gasteiger partial charge is 0.245 e. The molecule has 0 aromatic carbocycles. The molecule has 0 saturated heterocycles. The zero-order valence-corrected chi connectivity index (χ0v) is 10.6. The lowest BCUT2D eigenvalue weighted by Gasteiger charge is -2.37. The molecule has 1 heterocycles. The van der Waals surface area contributed by atoms with Gasteiger partial charge in [0.05, 0.1) is 0 Å². The van der Waals surface area contributed by atoms with E-state index in [9.17, 15) is 0 Å². The van der Waals surface area contributed by atoms with Crippen LogP contribution in [0.2, 0.25) is 0 Å². The van der Waals surface area contributed by atoms with Gasteiger partial charge < -0.3 is 0 Å². The van der Waals surface area contributed by atoms with Crippen molar-refractivity contribution in [3.63, 3.8) is 0 Å². The fraction of sp³-hybridized carbons (Fsp3) is 0.714. The monoisotopic (exact) mass is 218 g/mol. The Morgan fingerprint density at radius 3 is 2.50 bits per heavy atom. The number of hydrogen-bond acceptors (Lipinski definition) is 2. The maximum absolute atomic E-state index is 4.17. The van der Waals surface area contributed by atoms with E-state index in [2.05, 4.69) is 30.7 Å². The van der Waals surface area contributed by atoms with Gasteiger partial charge in [0.15, 0.2) is 0 Å². The van der Waals surface area contributed by atoms with E-state index in [0.29, 0.717) is 5.92 Å². The summed E-state index contributed by atoms with van der Waals surface area (Å²) in [5.74, 6) is 3.09. The first-order valence-corrected chi connectivity index (χ1v) is 6.43. The fourth-order valence-corrected chi connectivity index (χ4v) is 3.09. The standard InChI is InChI=1S/C14H22N2/c1-10(2)13-5-4-11(3)6-14(13)12-7-15-9-16-8-12/h7-11,13-14H,4-6H2,1-3H3/t11-,13+,14+/m1/s1. The average molecular weight is 218 g/mol. The summed E-state index contributed by atoms with van der Waals surface area (Å²) in [6.45, 7) is 7.06. The van der Waals surface area contributed by atoms with Crippen LogP contribution in [0.3, 0.4) is 0 Å². The van der Waals surface area contributed by atoms with Crippen LogP contribution in [-0.4, -0.2) is 9.97 Å². The van der Waals surface area contributed by atoms with Crippen molar-refractivity contribution in [2.75, 3.05) is 0 Å². The molecular formula is C14H22N2. The lowest BCUT2D eigenvalue weighted by molar-refractivity contribution is 0.197. The highest BCUT2D eigenvalue weighted by Gasteiger charge is 2.31. The molecule has 2 heteroatoms. The second kappa shape index (κ2) is 4.94. The van der Waals surface area contributed by atoms with Gasteiger partial charge in [-0.25, -0.2) is 9.97 Å². The number of hydrogen-bond donors (Lipinski definition) is 0. The molecule has 1 aromatic heterocycles. The fourth-order valence-electron chi connectivity index (χ4n) is 3.09. The minimum atomic E-state index is 0.671. The Labute approximate surface area is 98.5 Å². The SMILES string of the molecule is CC(C)[C@@H]1CC[C@@H](C)C[C@H]1c1cncnc1. The molecule has 0 spiro atoms. The van der Waals surface area contributed by atoms with E-state index < -0.39 is 0 Å². The summed E-state index contributed by atoms with van der Waals surface area (Å²) in [7, 11) is 0. The molecule has 0 aliphatic heterocycles. The molecule has 1 saturated carbocycles. The molecule has 88 valence electrons. The smallest absolute Gasteiger partial charge is 0.115 e. The molecule has 0 amide bonds. The molecule has 1 fully saturated rings. The van der Waals surface area contributed by atoms with Crippen LogP contribution >= 0.6 is 0 Å². The summed E-state index contributed by atoms with van der Waals surface area (Å²) in [6.07, 6.45) is 9.68. The first-order valence-electron chi connectivity index (χ1n) is 6.43. The van der Waals surface area contributed by atoms with E-state index in [0.717, 1.165) is 17.8 Å². The van der Waals surface area contributed by atoms with Crippen molar-refractivity contribution in [2.45, 2.75) is 46.0 Å². The second-order valence-electron chi connectivity index (χ2n) is 5.60. The first-order chi connectivity index (χ1) is 7.68. The van der Waals surface area contributed by atoms with Crippen LogP contribution < -0.4 is 0 Å². The van der Waals surface area contributed by atoms with Crippen molar-refractivity contribution < 1.29 is 0 Å². The van der Waals surface area contributed by atoms with Crippen molar-refractivity contribution in [2.24, 2.45) is 17.8 Å². The topological polar surface area (TPSA) is 25.8 Å². The van der Waals surface area contributed by atoms with E-state index in [-0.39, 0.29) is 0 Å². The van der Waals surface area contributed by atoms with E-state index in [1.54, 1.807) is 6.33 Å². The van der Waals surface area contributed by atoms with Gasteiger partial charge in [-0.05, 0) is 42.1 Å². The Hall–Kier alpha value is -0.920. The third-order valence-electron chi connectivity index (χ3n) is 4.03. The predicted molar refractivity (Wildman–Crippen MR) is 66.1 cm³/mol. The lowest BCUT2D eigenvalue weighted by Crippen LogP contribution is -2.26. The Morgan fingerprint density at radius 2 is 1.88 bits per heavy atom. The maximum Gasteiger partial charge on any atom is 0.115 e. The third-order valence-corrected chi connectivity index (χ3v) is 4.03. The minimum Gasteiger partial charge on any atom is -0.245 e. The van der Waals surface area contributed by atoms with Crippen LogP contribution in [0.5, 0.6) is 0 Å². The summed E-state index contributed by atoms with van der Waals surface area (Å²) < 4.78 is 0. The second-order valence-corrected chi connectivity index (χ2v) is 5.60. The van der Waals surface area contributed by atoms with Gasteiger partial charge in [-0.3, -0.25) is 0 Å². The lowest BCUT2D eigenvalue weighted by atomic mass is 9.68. The molecule has 2 nitrogen and oxygen atoms in total. The highest BCUT2D eigenvalue weighted by atomic mass is 14.8. The predicted octanol–water partition coefficient (Wildman–Crippen LogP) is 3.65. The molecule has 0 bridgehead atoms. The highest BCUT2D eigenvalue weighted by Crippen LogP contribution is 2.43. The number of rotatable bonds is 2. The minimum absolute atomic E-state index is 0.671. The normalized spacial score (nSPS) is 30.6. The summed E-state index contributed by atoms with van der Waals surface area (Å²) in [6, 6.07) is 0. The molecule has 16 heavy (non-hydrogen) atoms. The first kappa shape index (κ1) is 11.6. The third kappa shape index (κ3) is 2.42. The quantitative estimate of drug-likeness (QED) is 0.757. The number of aromatic nitrogens is 2. The van der Waals surface area contributed by atoms with Gasteiger partial charge in [-0.15, -0.1) is 0 Å². The molecular weight excluding hydrogens is 196 g/mol. The van der Waals surface area contributed by atoms with Crippen LogP contribution in [0.15, 0.2) is 18.7 Å². The Balaban J connectivity index is 2.21. The van der Waals surface area contributed by atoms with E-state index in [1.807, 2.05) is 12.4 Å². The molecule has 1 aliphatic carbocycles. The van der Waals surface area contributed by atoms with Crippen molar-refractivity contribution in [3.05, 3.63) is 24.3 Å². The van der Waals surface area contributed by atoms with Crippen LogP contribution in [0.1, 0.15) is 51.5 Å². The van der Waals surface area contributed by atoms with Crippen LogP contribution in [-0.2, 0) is 0 Å². The van der Waals surface area contributed by atoms with Gasteiger partial charge in [0, 0.05) is 12.4 Å².